The van der Waals surface area contributed by atoms with Crippen molar-refractivity contribution in [2.75, 3.05) is 6.61 Å². The Balaban J connectivity index is 0.00000264. The van der Waals surface area contributed by atoms with Gasteiger partial charge in [0, 0.05) is 5.56 Å². The van der Waals surface area contributed by atoms with E-state index in [4.69, 9.17) is 11.3 Å². The summed E-state index contributed by atoms with van der Waals surface area (Å²) in [5, 5.41) is 11.5. The molecule has 0 saturated carbocycles. The molecule has 0 spiro atoms. The summed E-state index contributed by atoms with van der Waals surface area (Å²) >= 11 is 1.05. The second kappa shape index (κ2) is 8.92. The SMILES string of the molecule is [C-]#[N+]c1cc(-c2nc(C)c(C(=O)[O-])s2)ccc1OCC(C)C.[K+]. The molecule has 0 N–H and O–H groups in total. The molecule has 0 atom stereocenters. The van der Waals surface area contributed by atoms with Crippen LogP contribution in [-0.4, -0.2) is 17.6 Å². The van der Waals surface area contributed by atoms with Gasteiger partial charge in [0.1, 0.15) is 10.8 Å². The first kappa shape index (κ1) is 20.3. The fourth-order valence-electron chi connectivity index (χ4n) is 1.83. The number of carbonyl (C=O) groups is 1. The summed E-state index contributed by atoms with van der Waals surface area (Å²) in [5.74, 6) is -0.338. The first-order valence-corrected chi connectivity index (χ1v) is 7.57. The fourth-order valence-corrected chi connectivity index (χ4v) is 2.72. The zero-order valence-electron chi connectivity index (χ0n) is 13.5. The van der Waals surface area contributed by atoms with Crippen LogP contribution in [-0.2, 0) is 0 Å². The van der Waals surface area contributed by atoms with Crippen molar-refractivity contribution in [3.63, 3.8) is 0 Å². The standard InChI is InChI=1S/C16H16N2O3S.K/c1-9(2)8-21-13-6-5-11(7-12(13)17-4)15-18-10(3)14(22-15)16(19)20;/h5-7,9H,8H2,1-3H3,(H,19,20);/q;+1/p-1. The maximum absolute atomic E-state index is 11.0. The Labute approximate surface area is 181 Å². The van der Waals surface area contributed by atoms with E-state index in [0.717, 1.165) is 11.3 Å². The summed E-state index contributed by atoms with van der Waals surface area (Å²) < 4.78 is 5.61. The average Bonchev–Trinajstić information content (AvgIpc) is 2.87. The summed E-state index contributed by atoms with van der Waals surface area (Å²) in [6.45, 7) is 13.5. The Morgan fingerprint density at radius 1 is 1.48 bits per heavy atom. The van der Waals surface area contributed by atoms with E-state index < -0.39 is 5.97 Å². The van der Waals surface area contributed by atoms with Crippen LogP contribution in [0.25, 0.3) is 15.4 Å². The Bertz CT molecular complexity index is 750. The van der Waals surface area contributed by atoms with Crippen LogP contribution in [0.3, 0.4) is 0 Å². The number of hydrogen-bond acceptors (Lipinski definition) is 5. The van der Waals surface area contributed by atoms with Gasteiger partial charge in [0.15, 0.2) is 0 Å². The van der Waals surface area contributed by atoms with Gasteiger partial charge >= 0.3 is 51.4 Å². The summed E-state index contributed by atoms with van der Waals surface area (Å²) in [6.07, 6.45) is 0. The van der Waals surface area contributed by atoms with Gasteiger partial charge in [-0.2, -0.15) is 0 Å². The quantitative estimate of drug-likeness (QED) is 0.563. The van der Waals surface area contributed by atoms with Crippen LogP contribution in [0.1, 0.15) is 29.2 Å². The Kier molecular flexibility index (Phi) is 7.87. The molecule has 5 nitrogen and oxygen atoms in total. The van der Waals surface area contributed by atoms with E-state index in [0.29, 0.717) is 40.2 Å². The third-order valence-corrected chi connectivity index (χ3v) is 4.07. The van der Waals surface area contributed by atoms with Crippen molar-refractivity contribution >= 4 is 23.0 Å². The smallest absolute Gasteiger partial charge is 0.544 e. The van der Waals surface area contributed by atoms with Crippen LogP contribution in [0.15, 0.2) is 18.2 Å². The monoisotopic (exact) mass is 354 g/mol. The first-order chi connectivity index (χ1) is 10.4. The van der Waals surface area contributed by atoms with Crippen molar-refractivity contribution in [1.29, 1.82) is 0 Å². The number of carbonyl (C=O) groups excluding carboxylic acids is 1. The number of aromatic carboxylic acids is 1. The molecule has 1 heterocycles. The number of aryl methyl sites for hydroxylation is 1. The van der Waals surface area contributed by atoms with Crippen LogP contribution in [0, 0.1) is 19.4 Å². The number of hydrogen-bond donors (Lipinski definition) is 0. The van der Waals surface area contributed by atoms with Crippen molar-refractivity contribution in [2.45, 2.75) is 20.8 Å². The van der Waals surface area contributed by atoms with Gasteiger partial charge in [0.2, 0.25) is 5.69 Å². The third-order valence-electron chi connectivity index (χ3n) is 2.88. The van der Waals surface area contributed by atoms with Crippen molar-refractivity contribution in [2.24, 2.45) is 5.92 Å². The predicted molar refractivity (Wildman–Crippen MR) is 83.2 cm³/mol. The van der Waals surface area contributed by atoms with Gasteiger partial charge in [-0.1, -0.05) is 19.9 Å². The number of rotatable bonds is 5. The Morgan fingerprint density at radius 2 is 2.17 bits per heavy atom. The molecule has 0 aliphatic heterocycles. The van der Waals surface area contributed by atoms with Crippen molar-refractivity contribution in [1.82, 2.24) is 4.98 Å². The summed E-state index contributed by atoms with van der Waals surface area (Å²) in [7, 11) is 0. The number of ether oxygens (including phenoxy) is 1. The number of nitrogens with zero attached hydrogens (tertiary/aromatic N) is 2. The molecule has 0 fully saturated rings. The Morgan fingerprint density at radius 3 is 2.70 bits per heavy atom. The fraction of sp³-hybridized carbons (Fsp3) is 0.312. The summed E-state index contributed by atoms with van der Waals surface area (Å²) in [4.78, 5) is 18.8. The normalized spacial score (nSPS) is 10.0. The number of carboxylic acids is 1. The molecule has 0 saturated heterocycles. The Hall–Kier alpha value is -0.754. The van der Waals surface area contributed by atoms with Crippen LogP contribution >= 0.6 is 11.3 Å². The minimum Gasteiger partial charge on any atom is -0.544 e. The van der Waals surface area contributed by atoms with E-state index in [1.807, 2.05) is 13.8 Å². The van der Waals surface area contributed by atoms with Gasteiger partial charge in [-0.25, -0.2) is 9.83 Å². The van der Waals surface area contributed by atoms with Gasteiger partial charge in [-0.05, 0) is 25.0 Å². The molecule has 23 heavy (non-hydrogen) atoms. The second-order valence-electron chi connectivity index (χ2n) is 5.22. The first-order valence-electron chi connectivity index (χ1n) is 6.75. The van der Waals surface area contributed by atoms with Crippen molar-refractivity contribution in [3.05, 3.63) is 40.2 Å². The molecule has 0 amide bonds. The number of thiazole rings is 1. The van der Waals surface area contributed by atoms with Crippen LogP contribution in [0.2, 0.25) is 0 Å². The van der Waals surface area contributed by atoms with Crippen LogP contribution in [0.4, 0.5) is 5.69 Å². The largest absolute Gasteiger partial charge is 1.00 e. The topological polar surface area (TPSA) is 66.6 Å². The molecule has 114 valence electrons. The van der Waals surface area contributed by atoms with Gasteiger partial charge in [0.25, 0.3) is 0 Å². The maximum Gasteiger partial charge on any atom is 1.00 e. The van der Waals surface area contributed by atoms with E-state index >= 15 is 0 Å². The molecule has 2 rings (SSSR count). The van der Waals surface area contributed by atoms with Gasteiger partial charge < -0.3 is 14.6 Å². The zero-order chi connectivity index (χ0) is 16.3. The molecule has 0 radical (unpaired) electrons. The predicted octanol–water partition coefficient (Wildman–Crippen LogP) is 0.0716. The molecule has 0 unspecified atom stereocenters. The summed E-state index contributed by atoms with van der Waals surface area (Å²) in [5.41, 5.74) is 1.51. The van der Waals surface area contributed by atoms with Crippen LogP contribution < -0.4 is 61.2 Å². The zero-order valence-corrected chi connectivity index (χ0v) is 17.5. The van der Waals surface area contributed by atoms with Crippen LogP contribution in [0.5, 0.6) is 5.75 Å². The van der Waals surface area contributed by atoms with E-state index in [1.165, 1.54) is 0 Å². The second-order valence-corrected chi connectivity index (χ2v) is 6.22. The van der Waals surface area contributed by atoms with Crippen molar-refractivity contribution < 1.29 is 66.0 Å². The van der Waals surface area contributed by atoms with Gasteiger partial charge in [-0.3, -0.25) is 0 Å². The molecular weight excluding hydrogens is 339 g/mol. The molecule has 0 aliphatic rings. The molecule has 1 aromatic heterocycles. The van der Waals surface area contributed by atoms with E-state index in [2.05, 4.69) is 9.83 Å². The molecular formula is C16H15KN2O3S. The van der Waals surface area contributed by atoms with Crippen molar-refractivity contribution in [3.8, 4) is 16.3 Å². The van der Waals surface area contributed by atoms with E-state index in [1.54, 1.807) is 25.1 Å². The molecule has 7 heteroatoms. The number of benzene rings is 1. The molecule has 2 aromatic rings. The maximum atomic E-state index is 11.0. The third kappa shape index (κ3) is 5.11. The minimum atomic E-state index is -1.23. The average molecular weight is 354 g/mol. The molecule has 0 aliphatic carbocycles. The molecule has 1 aromatic carbocycles. The van der Waals surface area contributed by atoms with Gasteiger partial charge in [0.05, 0.1) is 29.7 Å². The van der Waals surface area contributed by atoms with E-state index in [9.17, 15) is 9.90 Å². The summed E-state index contributed by atoms with van der Waals surface area (Å²) in [6, 6.07) is 5.17. The number of aromatic nitrogens is 1. The van der Waals surface area contributed by atoms with E-state index in [-0.39, 0.29) is 56.3 Å². The molecule has 0 bridgehead atoms. The van der Waals surface area contributed by atoms with Gasteiger partial charge in [-0.15, -0.1) is 11.3 Å². The minimum absolute atomic E-state index is 0. The number of carboxylic acid groups (broad SMARTS) is 1.